The van der Waals surface area contributed by atoms with Gasteiger partial charge in [0, 0.05) is 72.0 Å². The molecule has 6 amide bonds. The fraction of sp³-hybridized carbons (Fsp3) is 0.250. The first-order chi connectivity index (χ1) is 31.8. The topological polar surface area (TPSA) is 253 Å². The molecule has 18 nitrogen and oxygen atoms in total. The van der Waals surface area contributed by atoms with Crippen LogP contribution < -0.4 is 31.6 Å². The summed E-state index contributed by atoms with van der Waals surface area (Å²) in [6, 6.07) is 23.1. The van der Waals surface area contributed by atoms with Gasteiger partial charge in [0.25, 0.3) is 11.8 Å². The molecule has 8 N–H and O–H groups in total. The molecule has 8 rings (SSSR count). The van der Waals surface area contributed by atoms with E-state index >= 15 is 0 Å². The average Bonchev–Trinajstić information content (AvgIpc) is 4.04. The van der Waals surface area contributed by atoms with Crippen LogP contribution in [0.3, 0.4) is 0 Å². The summed E-state index contributed by atoms with van der Waals surface area (Å²) in [6.45, 7) is 0.260. The molecule has 2 aliphatic heterocycles. The highest BCUT2D eigenvalue weighted by Gasteiger charge is 2.39. The van der Waals surface area contributed by atoms with E-state index in [1.807, 2.05) is 36.4 Å². The largest absolute Gasteiger partial charge is 0.497 e. The molecule has 0 aliphatic carbocycles. The summed E-state index contributed by atoms with van der Waals surface area (Å²) in [5, 5.41) is 7.17. The fourth-order valence-electron chi connectivity index (χ4n) is 8.10. The number of fused-ring (bicyclic) bond motifs is 2. The molecule has 4 heterocycles. The van der Waals surface area contributed by atoms with Gasteiger partial charge in [-0.1, -0.05) is 36.4 Å². The van der Waals surface area contributed by atoms with Crippen LogP contribution in [0.4, 0.5) is 9.59 Å². The molecule has 4 atom stereocenters. The van der Waals surface area contributed by atoms with Crippen LogP contribution in [0, 0.1) is 0 Å². The number of H-pyrrole nitrogens is 2. The van der Waals surface area contributed by atoms with E-state index in [0.717, 1.165) is 67.3 Å². The molecule has 340 valence electrons. The molecule has 2 fully saturated rings. The number of hydrogen-bond acceptors (Lipinski definition) is 12. The van der Waals surface area contributed by atoms with Crippen molar-refractivity contribution in [2.45, 2.75) is 63.3 Å². The lowest BCUT2D eigenvalue weighted by atomic mass is 10.0. The predicted octanol–water partition coefficient (Wildman–Crippen LogP) is 3.99. The summed E-state index contributed by atoms with van der Waals surface area (Å²) < 4.78 is 21.1. The van der Waals surface area contributed by atoms with Crippen molar-refractivity contribution in [3.8, 4) is 11.5 Å². The Labute approximate surface area is 378 Å². The second-order valence-corrected chi connectivity index (χ2v) is 16.0. The Kier molecular flexibility index (Phi) is 13.1. The third-order valence-electron chi connectivity index (χ3n) is 11.5. The van der Waals surface area contributed by atoms with Crippen molar-refractivity contribution in [3.63, 3.8) is 0 Å². The van der Waals surface area contributed by atoms with Crippen molar-refractivity contribution < 1.29 is 47.7 Å². The van der Waals surface area contributed by atoms with Gasteiger partial charge in [-0.25, -0.2) is 19.2 Å². The predicted molar refractivity (Wildman–Crippen MR) is 240 cm³/mol. The van der Waals surface area contributed by atoms with Gasteiger partial charge >= 0.3 is 24.0 Å². The highest BCUT2D eigenvalue weighted by atomic mass is 16.6. The number of hydrogen-bond donors (Lipinski definition) is 6. The maximum Gasteiger partial charge on any atom is 0.332 e. The van der Waals surface area contributed by atoms with Crippen LogP contribution in [0.25, 0.3) is 21.8 Å². The molecule has 0 spiro atoms. The van der Waals surface area contributed by atoms with Crippen LogP contribution in [-0.4, -0.2) is 94.3 Å². The first kappa shape index (κ1) is 44.6. The number of aromatic nitrogens is 2. The molecule has 4 aromatic carbocycles. The average molecular weight is 897 g/mol. The molecule has 2 saturated heterocycles. The number of rotatable bonds is 18. The number of aromatic amines is 2. The molecule has 0 bridgehead atoms. The number of carbonyl (C=O) groups excluding carboxylic acids is 6. The Hall–Kier alpha value is -7.96. The van der Waals surface area contributed by atoms with Gasteiger partial charge in [-0.3, -0.25) is 30.9 Å². The van der Waals surface area contributed by atoms with E-state index < -0.39 is 48.5 Å². The molecular formula is C48H48N8O10. The van der Waals surface area contributed by atoms with Crippen molar-refractivity contribution >= 4 is 57.6 Å². The number of nitrogens with two attached hydrogens (primary N) is 2. The van der Waals surface area contributed by atoms with E-state index in [0.29, 0.717) is 11.5 Å². The van der Waals surface area contributed by atoms with Crippen molar-refractivity contribution in [1.29, 1.82) is 0 Å². The zero-order valence-electron chi connectivity index (χ0n) is 36.1. The SMILES string of the molecule is COc1ccc(CN2C(=O)NC(Cc3ccc4[nH]cc(CC(N)OC(=O)/C=C\C(=O)OC(N)Cc5c[nH]c6ccc(CC7NC(=O)N(Cc8ccc(OC)cc8)C7=O)cc56)c4c3)C2=O)cc1. The quantitative estimate of drug-likeness (QED) is 0.0310. The molecule has 18 heteroatoms. The van der Waals surface area contributed by atoms with E-state index in [9.17, 15) is 28.8 Å². The number of carbonyl (C=O) groups is 6. The first-order valence-corrected chi connectivity index (χ1v) is 21.1. The number of nitrogens with one attached hydrogen (secondary N) is 4. The lowest BCUT2D eigenvalue weighted by molar-refractivity contribution is -0.145. The zero-order chi connectivity index (χ0) is 46.5. The standard InChI is InChI=1S/C48H48N8O10/c1-63-33-9-3-27(4-10-33)25-55-45(59)39(53-47(55)61)19-29-7-13-37-35(17-29)31(23-51-37)21-41(49)65-43(57)15-16-44(58)66-42(50)22-32-24-52-38-14-8-30(18-36(32)38)20-40-46(60)56(48(62)54-40)26-28-5-11-34(64-2)12-6-28/h3-18,23-24,39-42,51-52H,19-22,25-26,49-50H2,1-2H3,(H,53,61)(H,54,62)/b16-15-. The highest BCUT2D eigenvalue weighted by Crippen LogP contribution is 2.26. The molecule has 0 saturated carbocycles. The van der Waals surface area contributed by atoms with Crippen molar-refractivity contribution in [2.75, 3.05) is 14.2 Å². The van der Waals surface area contributed by atoms with Gasteiger partial charge in [-0.2, -0.15) is 0 Å². The Morgan fingerprint density at radius 1 is 0.591 bits per heavy atom. The number of methoxy groups -OCH3 is 2. The van der Waals surface area contributed by atoms with Gasteiger partial charge in [0.05, 0.1) is 27.3 Å². The molecule has 0 radical (unpaired) electrons. The summed E-state index contributed by atoms with van der Waals surface area (Å²) in [6.07, 6.45) is 3.96. The Morgan fingerprint density at radius 2 is 0.970 bits per heavy atom. The summed E-state index contributed by atoms with van der Waals surface area (Å²) in [4.78, 5) is 86.0. The minimum atomic E-state index is -1.07. The monoisotopic (exact) mass is 896 g/mol. The number of imide groups is 2. The van der Waals surface area contributed by atoms with Gasteiger partial charge in [0.1, 0.15) is 23.6 Å². The Bertz CT molecular complexity index is 2640. The number of nitrogens with zero attached hydrogens (tertiary/aromatic N) is 2. The summed E-state index contributed by atoms with van der Waals surface area (Å²) in [5.74, 6) is -1.05. The zero-order valence-corrected chi connectivity index (χ0v) is 36.1. The van der Waals surface area contributed by atoms with E-state index in [2.05, 4.69) is 20.6 Å². The van der Waals surface area contributed by atoms with Gasteiger partial charge in [0.15, 0.2) is 12.5 Å². The van der Waals surface area contributed by atoms with Crippen LogP contribution in [0.5, 0.6) is 11.5 Å². The highest BCUT2D eigenvalue weighted by molar-refractivity contribution is 6.05. The van der Waals surface area contributed by atoms with Crippen molar-refractivity contribution in [1.82, 2.24) is 30.4 Å². The number of amides is 6. The summed E-state index contributed by atoms with van der Waals surface area (Å²) in [5.41, 5.74) is 18.7. The third kappa shape index (κ3) is 10.2. The van der Waals surface area contributed by atoms with Gasteiger partial charge < -0.3 is 39.5 Å². The maximum absolute atomic E-state index is 13.2. The van der Waals surface area contributed by atoms with Crippen LogP contribution >= 0.6 is 0 Å². The van der Waals surface area contributed by atoms with Crippen LogP contribution in [0.1, 0.15) is 33.4 Å². The number of esters is 2. The van der Waals surface area contributed by atoms with Gasteiger partial charge in [0.2, 0.25) is 0 Å². The minimum absolute atomic E-state index is 0.130. The van der Waals surface area contributed by atoms with Gasteiger partial charge in [-0.05, 0) is 81.9 Å². The van der Waals surface area contributed by atoms with E-state index in [1.165, 1.54) is 9.80 Å². The molecule has 6 aromatic rings. The van der Waals surface area contributed by atoms with E-state index in [1.54, 1.807) is 75.1 Å². The lowest BCUT2D eigenvalue weighted by Crippen LogP contribution is -2.32. The third-order valence-corrected chi connectivity index (χ3v) is 11.5. The summed E-state index contributed by atoms with van der Waals surface area (Å²) in [7, 11) is 3.13. The van der Waals surface area contributed by atoms with Gasteiger partial charge in [-0.15, -0.1) is 0 Å². The van der Waals surface area contributed by atoms with Crippen molar-refractivity contribution in [2.24, 2.45) is 11.5 Å². The molecule has 2 aliphatic rings. The fourth-order valence-corrected chi connectivity index (χ4v) is 8.10. The number of benzene rings is 4. The Balaban J connectivity index is 0.803. The minimum Gasteiger partial charge on any atom is -0.497 e. The second-order valence-electron chi connectivity index (χ2n) is 16.0. The maximum atomic E-state index is 13.2. The van der Waals surface area contributed by atoms with E-state index in [-0.39, 0.29) is 50.6 Å². The number of urea groups is 2. The Morgan fingerprint density at radius 3 is 1.35 bits per heavy atom. The molecule has 2 aromatic heterocycles. The van der Waals surface area contributed by atoms with Crippen LogP contribution in [-0.2, 0) is 67.4 Å². The molecule has 66 heavy (non-hydrogen) atoms. The van der Waals surface area contributed by atoms with Crippen molar-refractivity contribution in [3.05, 3.63) is 143 Å². The van der Waals surface area contributed by atoms with Crippen LogP contribution in [0.15, 0.2) is 109 Å². The smallest absolute Gasteiger partial charge is 0.332 e. The van der Waals surface area contributed by atoms with E-state index in [4.69, 9.17) is 30.4 Å². The second kappa shape index (κ2) is 19.4. The first-order valence-electron chi connectivity index (χ1n) is 21.1. The van der Waals surface area contributed by atoms with Crippen LogP contribution in [0.2, 0.25) is 0 Å². The summed E-state index contributed by atoms with van der Waals surface area (Å²) >= 11 is 0. The molecular weight excluding hydrogens is 849 g/mol. The normalized spacial score (nSPS) is 17.1. The molecule has 4 unspecified atom stereocenters. The lowest BCUT2D eigenvalue weighted by Gasteiger charge is -2.14. The number of ether oxygens (including phenoxy) is 4.